The number of piperazine rings is 1. The summed E-state index contributed by atoms with van der Waals surface area (Å²) in [5.41, 5.74) is 2.24. The molecule has 0 N–H and O–H groups in total. The molecule has 0 radical (unpaired) electrons. The summed E-state index contributed by atoms with van der Waals surface area (Å²) in [5.74, 6) is -0.316. The fraction of sp³-hybridized carbons (Fsp3) is 0.316. The lowest BCUT2D eigenvalue weighted by Gasteiger charge is -2.39. The van der Waals surface area contributed by atoms with Crippen LogP contribution in [-0.2, 0) is 0 Å². The Hall–Kier alpha value is -1.90. The Morgan fingerprint density at radius 2 is 1.75 bits per heavy atom. The molecule has 2 aromatic rings. The van der Waals surface area contributed by atoms with Gasteiger partial charge in [0.15, 0.2) is 0 Å². The fourth-order valence-corrected chi connectivity index (χ4v) is 3.40. The average molecular weight is 388 g/mol. The van der Waals surface area contributed by atoms with Crippen molar-refractivity contribution in [3.63, 3.8) is 0 Å². The molecule has 2 aromatic carbocycles. The van der Waals surface area contributed by atoms with E-state index in [0.29, 0.717) is 17.3 Å². The first kappa shape index (κ1) is 16.9. The van der Waals surface area contributed by atoms with Crippen LogP contribution in [0.25, 0.3) is 0 Å². The molecule has 1 atom stereocenters. The van der Waals surface area contributed by atoms with Gasteiger partial charge in [0.2, 0.25) is 0 Å². The summed E-state index contributed by atoms with van der Waals surface area (Å²) >= 11 is 3.47. The van der Waals surface area contributed by atoms with Gasteiger partial charge in [-0.25, -0.2) is 4.39 Å². The minimum Gasteiger partial charge on any atom is -0.367 e. The van der Waals surface area contributed by atoms with E-state index in [4.69, 9.17) is 5.26 Å². The molecule has 24 heavy (non-hydrogen) atoms. The summed E-state index contributed by atoms with van der Waals surface area (Å²) in [5, 5.41) is 8.84. The molecule has 0 saturated carbocycles. The van der Waals surface area contributed by atoms with Crippen molar-refractivity contribution >= 4 is 21.6 Å². The van der Waals surface area contributed by atoms with Crippen LogP contribution in [0.15, 0.2) is 46.9 Å². The SMILES string of the molecule is C[C@H](c1ccc(Br)cc1)N1CCN(c2ccc(C#N)cc2F)CC1. The van der Waals surface area contributed by atoms with E-state index in [0.717, 1.165) is 30.7 Å². The summed E-state index contributed by atoms with van der Waals surface area (Å²) in [4.78, 5) is 4.47. The molecule has 0 aromatic heterocycles. The largest absolute Gasteiger partial charge is 0.367 e. The number of hydrogen-bond donors (Lipinski definition) is 0. The molecule has 3 nitrogen and oxygen atoms in total. The summed E-state index contributed by atoms with van der Waals surface area (Å²) in [6.07, 6.45) is 0. The number of benzene rings is 2. The predicted octanol–water partition coefficient (Wildman–Crippen LogP) is 4.34. The lowest BCUT2D eigenvalue weighted by molar-refractivity contribution is 0.198. The summed E-state index contributed by atoms with van der Waals surface area (Å²) in [7, 11) is 0. The van der Waals surface area contributed by atoms with Crippen LogP contribution in [0.2, 0.25) is 0 Å². The van der Waals surface area contributed by atoms with Gasteiger partial charge in [-0.1, -0.05) is 28.1 Å². The van der Waals surface area contributed by atoms with Gasteiger partial charge in [-0.15, -0.1) is 0 Å². The van der Waals surface area contributed by atoms with Crippen LogP contribution in [0.4, 0.5) is 10.1 Å². The molecule has 124 valence electrons. The van der Waals surface area contributed by atoms with Gasteiger partial charge in [0, 0.05) is 36.7 Å². The van der Waals surface area contributed by atoms with E-state index in [-0.39, 0.29) is 5.82 Å². The van der Waals surface area contributed by atoms with Gasteiger partial charge in [-0.3, -0.25) is 4.90 Å². The van der Waals surface area contributed by atoms with Crippen LogP contribution in [0.5, 0.6) is 0 Å². The van der Waals surface area contributed by atoms with Gasteiger partial charge >= 0.3 is 0 Å². The highest BCUT2D eigenvalue weighted by Crippen LogP contribution is 2.26. The number of hydrogen-bond acceptors (Lipinski definition) is 3. The molecule has 3 rings (SSSR count). The van der Waals surface area contributed by atoms with Crippen molar-refractivity contribution in [1.82, 2.24) is 4.90 Å². The first-order valence-corrected chi connectivity index (χ1v) is 8.82. The molecule has 0 bridgehead atoms. The lowest BCUT2D eigenvalue weighted by atomic mass is 10.1. The Balaban J connectivity index is 1.65. The topological polar surface area (TPSA) is 30.3 Å². The van der Waals surface area contributed by atoms with E-state index in [9.17, 15) is 4.39 Å². The van der Waals surface area contributed by atoms with E-state index < -0.39 is 0 Å². The van der Waals surface area contributed by atoms with Gasteiger partial charge < -0.3 is 4.90 Å². The van der Waals surface area contributed by atoms with Crippen molar-refractivity contribution in [2.75, 3.05) is 31.1 Å². The molecule has 1 aliphatic heterocycles. The number of anilines is 1. The first-order valence-electron chi connectivity index (χ1n) is 8.02. The molecule has 0 amide bonds. The van der Waals surface area contributed by atoms with Crippen LogP contribution in [0.3, 0.4) is 0 Å². The van der Waals surface area contributed by atoms with Crippen LogP contribution < -0.4 is 4.90 Å². The zero-order valence-corrected chi connectivity index (χ0v) is 15.1. The second kappa shape index (κ2) is 7.33. The Morgan fingerprint density at radius 1 is 1.08 bits per heavy atom. The summed E-state index contributed by atoms with van der Waals surface area (Å²) in [6.45, 7) is 5.54. The van der Waals surface area contributed by atoms with Gasteiger partial charge in [0.1, 0.15) is 5.82 Å². The molecule has 5 heteroatoms. The molecule has 0 unspecified atom stereocenters. The third-order valence-corrected chi connectivity index (χ3v) is 5.16. The highest BCUT2D eigenvalue weighted by atomic mass is 79.9. The van der Waals surface area contributed by atoms with Crippen LogP contribution in [0.1, 0.15) is 24.1 Å². The molecule has 1 aliphatic rings. The lowest BCUT2D eigenvalue weighted by Crippen LogP contribution is -2.47. The Labute approximate surface area is 150 Å². The van der Waals surface area contributed by atoms with Crippen molar-refractivity contribution in [2.45, 2.75) is 13.0 Å². The van der Waals surface area contributed by atoms with E-state index in [1.807, 2.05) is 6.07 Å². The highest BCUT2D eigenvalue weighted by molar-refractivity contribution is 9.10. The average Bonchev–Trinajstić information content (AvgIpc) is 2.62. The summed E-state index contributed by atoms with van der Waals surface area (Å²) in [6, 6.07) is 15.4. The maximum Gasteiger partial charge on any atom is 0.147 e. The van der Waals surface area contributed by atoms with E-state index in [1.54, 1.807) is 12.1 Å². The quantitative estimate of drug-likeness (QED) is 0.784. The Kier molecular flexibility index (Phi) is 5.17. The van der Waals surface area contributed by atoms with Crippen molar-refractivity contribution in [3.05, 3.63) is 63.9 Å². The highest BCUT2D eigenvalue weighted by Gasteiger charge is 2.23. The number of nitriles is 1. The molecule has 1 saturated heterocycles. The summed E-state index contributed by atoms with van der Waals surface area (Å²) < 4.78 is 15.3. The normalized spacial score (nSPS) is 16.7. The first-order chi connectivity index (χ1) is 11.6. The maximum absolute atomic E-state index is 14.2. The van der Waals surface area contributed by atoms with Crippen molar-refractivity contribution in [3.8, 4) is 6.07 Å². The van der Waals surface area contributed by atoms with E-state index in [1.165, 1.54) is 11.6 Å². The zero-order chi connectivity index (χ0) is 17.1. The minimum absolute atomic E-state index is 0.316. The Bertz CT molecular complexity index is 746. The Morgan fingerprint density at radius 3 is 2.33 bits per heavy atom. The van der Waals surface area contributed by atoms with Crippen LogP contribution in [0, 0.1) is 17.1 Å². The number of rotatable bonds is 3. The fourth-order valence-electron chi connectivity index (χ4n) is 3.14. The third kappa shape index (κ3) is 3.61. The number of nitrogens with zero attached hydrogens (tertiary/aromatic N) is 3. The van der Waals surface area contributed by atoms with E-state index >= 15 is 0 Å². The third-order valence-electron chi connectivity index (χ3n) is 4.63. The minimum atomic E-state index is -0.316. The van der Waals surface area contributed by atoms with Gasteiger partial charge in [-0.2, -0.15) is 5.26 Å². The van der Waals surface area contributed by atoms with Crippen molar-refractivity contribution < 1.29 is 4.39 Å². The molecular formula is C19H19BrFN3. The van der Waals surface area contributed by atoms with E-state index in [2.05, 4.69) is 56.9 Å². The van der Waals surface area contributed by atoms with Crippen LogP contribution >= 0.6 is 15.9 Å². The smallest absolute Gasteiger partial charge is 0.147 e. The van der Waals surface area contributed by atoms with Crippen molar-refractivity contribution in [2.24, 2.45) is 0 Å². The van der Waals surface area contributed by atoms with Crippen LogP contribution in [-0.4, -0.2) is 31.1 Å². The maximum atomic E-state index is 14.2. The van der Waals surface area contributed by atoms with Gasteiger partial charge in [0.05, 0.1) is 17.3 Å². The second-order valence-corrected chi connectivity index (χ2v) is 6.94. The van der Waals surface area contributed by atoms with Gasteiger partial charge in [0.25, 0.3) is 0 Å². The molecular weight excluding hydrogens is 369 g/mol. The molecule has 1 heterocycles. The zero-order valence-electron chi connectivity index (χ0n) is 13.5. The van der Waals surface area contributed by atoms with Gasteiger partial charge in [-0.05, 0) is 42.8 Å². The second-order valence-electron chi connectivity index (χ2n) is 6.03. The van der Waals surface area contributed by atoms with Crippen molar-refractivity contribution in [1.29, 1.82) is 5.26 Å². The number of halogens is 2. The molecule has 0 aliphatic carbocycles. The standard InChI is InChI=1S/C19H19BrFN3/c1-14(16-3-5-17(20)6-4-16)23-8-10-24(11-9-23)19-7-2-15(13-22)12-18(19)21/h2-7,12,14H,8-11H2,1H3/t14-/m1/s1. The monoisotopic (exact) mass is 387 g/mol. The molecule has 0 spiro atoms. The predicted molar refractivity (Wildman–Crippen MR) is 97.5 cm³/mol. The molecule has 1 fully saturated rings.